The lowest BCUT2D eigenvalue weighted by molar-refractivity contribution is -0.750. The van der Waals surface area contributed by atoms with Gasteiger partial charge in [0, 0.05) is 29.9 Å². The first-order valence-corrected chi connectivity index (χ1v) is 12.3. The van der Waals surface area contributed by atoms with Crippen molar-refractivity contribution in [2.24, 2.45) is 21.7 Å². The van der Waals surface area contributed by atoms with Crippen molar-refractivity contribution in [3.05, 3.63) is 59.8 Å². The van der Waals surface area contributed by atoms with Gasteiger partial charge >= 0.3 is 0 Å². The topological polar surface area (TPSA) is 104 Å². The number of nitrogens with zero attached hydrogens (tertiary/aromatic N) is 4. The summed E-state index contributed by atoms with van der Waals surface area (Å²) in [4.78, 5) is 12.8. The molecule has 0 amide bonds. The molecule has 1 saturated heterocycles. The molecule has 162 valence electrons. The molecule has 1 aromatic carbocycles. The molecule has 1 unspecified atom stereocenters. The summed E-state index contributed by atoms with van der Waals surface area (Å²) in [5.74, 6) is 7.91. The van der Waals surface area contributed by atoms with Crippen molar-refractivity contribution < 1.29 is 13.0 Å². The molecule has 4 heterocycles. The Morgan fingerprint density at radius 1 is 1.26 bits per heavy atom. The lowest BCUT2D eigenvalue weighted by atomic mass is 9.93. The fourth-order valence-corrected chi connectivity index (χ4v) is 6.22. The second-order valence-electron chi connectivity index (χ2n) is 8.32. The van der Waals surface area contributed by atoms with E-state index < -0.39 is 10.0 Å². The molecule has 0 spiro atoms. The Morgan fingerprint density at radius 3 is 2.77 bits per heavy atom. The van der Waals surface area contributed by atoms with Gasteiger partial charge in [-0.25, -0.2) is 12.7 Å². The largest absolute Gasteiger partial charge is 0.349 e. The van der Waals surface area contributed by atoms with Gasteiger partial charge in [-0.1, -0.05) is 25.1 Å². The zero-order valence-corrected chi connectivity index (χ0v) is 18.3. The molecule has 0 saturated carbocycles. The van der Waals surface area contributed by atoms with Gasteiger partial charge in [-0.3, -0.25) is 4.99 Å². The van der Waals surface area contributed by atoms with Crippen LogP contribution in [-0.4, -0.2) is 53.2 Å². The van der Waals surface area contributed by atoms with E-state index >= 15 is 0 Å². The van der Waals surface area contributed by atoms with Gasteiger partial charge in [0.1, 0.15) is 17.6 Å². The van der Waals surface area contributed by atoms with Crippen molar-refractivity contribution in [3.63, 3.8) is 0 Å². The van der Waals surface area contributed by atoms with Crippen LogP contribution in [0.4, 0.5) is 0 Å². The summed E-state index contributed by atoms with van der Waals surface area (Å²) >= 11 is 0. The van der Waals surface area contributed by atoms with Crippen LogP contribution >= 0.6 is 0 Å². The van der Waals surface area contributed by atoms with E-state index in [1.807, 2.05) is 31.3 Å². The van der Waals surface area contributed by atoms with Crippen LogP contribution in [0.5, 0.6) is 0 Å². The zero-order valence-electron chi connectivity index (χ0n) is 17.5. The summed E-state index contributed by atoms with van der Waals surface area (Å²) < 4.78 is 26.5. The van der Waals surface area contributed by atoms with Crippen molar-refractivity contribution in [1.29, 1.82) is 0 Å². The third-order valence-electron chi connectivity index (χ3n) is 6.29. The Morgan fingerprint density at radius 2 is 2.03 bits per heavy atom. The van der Waals surface area contributed by atoms with E-state index in [9.17, 15) is 8.42 Å². The second kappa shape index (κ2) is 7.52. The maximum absolute atomic E-state index is 12.4. The predicted molar refractivity (Wildman–Crippen MR) is 122 cm³/mol. The van der Waals surface area contributed by atoms with Crippen molar-refractivity contribution in [1.82, 2.24) is 9.29 Å². The van der Waals surface area contributed by atoms with E-state index in [4.69, 9.17) is 10.8 Å². The first-order chi connectivity index (χ1) is 14.9. The third kappa shape index (κ3) is 3.38. The highest BCUT2D eigenvalue weighted by molar-refractivity contribution is 7.89. The average molecular weight is 440 g/mol. The Bertz CT molecular complexity index is 1210. The number of benzene rings is 1. The molecular weight excluding hydrogens is 412 g/mol. The summed E-state index contributed by atoms with van der Waals surface area (Å²) in [5.41, 5.74) is 3.67. The molecule has 1 aromatic heterocycles. The van der Waals surface area contributed by atoms with E-state index in [1.54, 1.807) is 16.7 Å². The van der Waals surface area contributed by atoms with Crippen LogP contribution in [0.1, 0.15) is 31.9 Å². The van der Waals surface area contributed by atoms with Gasteiger partial charge in [-0.15, -0.1) is 4.59 Å². The van der Waals surface area contributed by atoms with Crippen LogP contribution in [0.15, 0.2) is 64.1 Å². The van der Waals surface area contributed by atoms with Crippen LogP contribution in [0.2, 0.25) is 0 Å². The number of nitrogens with one attached hydrogen (secondary N) is 1. The van der Waals surface area contributed by atoms with Crippen molar-refractivity contribution >= 4 is 33.0 Å². The number of hydrogen-bond acceptors (Lipinski definition) is 5. The number of H-pyrrole nitrogens is 1. The smallest absolute Gasteiger partial charge is 0.281 e. The Labute approximate surface area is 182 Å². The van der Waals surface area contributed by atoms with Crippen molar-refractivity contribution in [2.75, 3.05) is 18.8 Å². The molecule has 8 nitrogen and oxygen atoms in total. The lowest BCUT2D eigenvalue weighted by Crippen LogP contribution is -2.53. The molecule has 0 bridgehead atoms. The van der Waals surface area contributed by atoms with Crippen LogP contribution in [0, 0.1) is 5.92 Å². The normalized spacial score (nSPS) is 24.8. The first kappa shape index (κ1) is 20.3. The quantitative estimate of drug-likeness (QED) is 0.553. The molecule has 3 aliphatic heterocycles. The van der Waals surface area contributed by atoms with Crippen LogP contribution in [-0.2, 0) is 10.0 Å². The standard InChI is InChI=1S/C22H27N6O2S/c1-2-13-31(29,30)27-10-7-16(8-11-27)21-20-15-24-9-12-28(20,23)22(26-21)19-14-17-5-3-4-6-18(17)25-19/h3-6,9,12,14-16,25H,2,7-8,10-11,13,23H2,1H3/q+1. The molecule has 0 radical (unpaired) electrons. The molecule has 31 heavy (non-hydrogen) atoms. The molecule has 1 fully saturated rings. The minimum Gasteiger partial charge on any atom is -0.349 e. The second-order valence-corrected chi connectivity index (χ2v) is 10.4. The van der Waals surface area contributed by atoms with Gasteiger partial charge in [-0.05, 0) is 31.4 Å². The minimum atomic E-state index is -3.17. The summed E-state index contributed by atoms with van der Waals surface area (Å²) in [5, 5.41) is 1.10. The van der Waals surface area contributed by atoms with Gasteiger partial charge in [0.25, 0.3) is 5.84 Å². The van der Waals surface area contributed by atoms with E-state index in [1.165, 1.54) is 0 Å². The number of quaternary nitrogens is 1. The lowest BCUT2D eigenvalue weighted by Gasteiger charge is -2.31. The number of aromatic amines is 1. The monoisotopic (exact) mass is 439 g/mol. The molecule has 1 atom stereocenters. The molecular formula is C22H27N6O2S+. The maximum Gasteiger partial charge on any atom is 0.281 e. The Balaban J connectivity index is 1.47. The number of fused-ring (bicyclic) bond motifs is 2. The fourth-order valence-electron chi connectivity index (χ4n) is 4.68. The predicted octanol–water partition coefficient (Wildman–Crippen LogP) is 2.84. The number of nitrogens with two attached hydrogens (primary N) is 1. The number of piperidine rings is 1. The highest BCUT2D eigenvalue weighted by atomic mass is 32.2. The van der Waals surface area contributed by atoms with Crippen LogP contribution in [0.25, 0.3) is 10.9 Å². The van der Waals surface area contributed by atoms with E-state index in [0.29, 0.717) is 19.5 Å². The van der Waals surface area contributed by atoms with Gasteiger partial charge in [-0.2, -0.15) is 10.8 Å². The summed E-state index contributed by atoms with van der Waals surface area (Å²) in [6.07, 6.45) is 7.41. The van der Waals surface area contributed by atoms with Crippen molar-refractivity contribution in [3.8, 4) is 0 Å². The molecule has 3 N–H and O–H groups in total. The number of rotatable bonds is 5. The van der Waals surface area contributed by atoms with Gasteiger partial charge in [0.15, 0.2) is 0 Å². The average Bonchev–Trinajstić information content (AvgIpc) is 3.32. The number of hydrogen-bond donors (Lipinski definition) is 2. The highest BCUT2D eigenvalue weighted by Crippen LogP contribution is 2.38. The first-order valence-electron chi connectivity index (χ1n) is 10.7. The Kier molecular flexibility index (Phi) is 4.93. The minimum absolute atomic E-state index is 0.0278. The summed E-state index contributed by atoms with van der Waals surface area (Å²) in [6.45, 7) is 2.92. The number of aromatic nitrogens is 1. The third-order valence-corrected chi connectivity index (χ3v) is 8.37. The number of aliphatic imine (C=N–C) groups is 2. The Hall–Kier alpha value is -2.59. The zero-order chi connectivity index (χ0) is 21.6. The van der Waals surface area contributed by atoms with Gasteiger partial charge in [0.05, 0.1) is 18.2 Å². The molecule has 3 aliphatic rings. The number of allylic oxidation sites excluding steroid dienone is 2. The number of sulfonamides is 1. The van der Waals surface area contributed by atoms with Crippen LogP contribution in [0.3, 0.4) is 0 Å². The van der Waals surface area contributed by atoms with Crippen LogP contribution < -0.4 is 5.84 Å². The maximum atomic E-state index is 12.4. The van der Waals surface area contributed by atoms with E-state index in [-0.39, 0.29) is 16.3 Å². The number of amidine groups is 1. The van der Waals surface area contributed by atoms with Gasteiger partial charge in [0.2, 0.25) is 15.7 Å². The van der Waals surface area contributed by atoms with E-state index in [2.05, 4.69) is 22.1 Å². The summed E-state index contributed by atoms with van der Waals surface area (Å²) in [6, 6.07) is 10.2. The SMILES string of the molecule is CCCS(=O)(=O)N1CCC(C2=C3C=NC=C[N+]3(N)C(c3cc4ccccc4[nH]3)=N2)CC1. The molecule has 9 heteroatoms. The number of para-hydroxylation sites is 1. The molecule has 2 aromatic rings. The van der Waals surface area contributed by atoms with Crippen molar-refractivity contribution in [2.45, 2.75) is 26.2 Å². The summed E-state index contributed by atoms with van der Waals surface area (Å²) in [7, 11) is -3.17. The molecule has 0 aliphatic carbocycles. The fraction of sp³-hybridized carbons (Fsp3) is 0.364. The molecule has 5 rings (SSSR count). The van der Waals surface area contributed by atoms with E-state index in [0.717, 1.165) is 46.7 Å². The highest BCUT2D eigenvalue weighted by Gasteiger charge is 2.47. The van der Waals surface area contributed by atoms with Gasteiger partial charge < -0.3 is 4.98 Å².